The van der Waals surface area contributed by atoms with E-state index >= 15 is 0 Å². The van der Waals surface area contributed by atoms with Gasteiger partial charge in [0.05, 0.1) is 0 Å². The van der Waals surface area contributed by atoms with Crippen LogP contribution in [0.2, 0.25) is 0 Å². The molecule has 2 N–H and O–H groups in total. The Morgan fingerprint density at radius 2 is 2.32 bits per heavy atom. The summed E-state index contributed by atoms with van der Waals surface area (Å²) < 4.78 is 8.73. The Kier molecular flexibility index (Phi) is 2.69. The number of carbonyl (C=O) groups excluding carboxylic acids is 1. The summed E-state index contributed by atoms with van der Waals surface area (Å²) in [5.74, 6) is 0.237. The fraction of sp³-hybridized carbons (Fsp3) is 0.462. The first kappa shape index (κ1) is 11.6. The van der Waals surface area contributed by atoms with Crippen molar-refractivity contribution in [2.24, 2.45) is 5.92 Å². The Morgan fingerprint density at radius 3 is 3.11 bits per heavy atom. The second-order valence-corrected chi connectivity index (χ2v) is 6.43. The molecule has 0 aliphatic carbocycles. The number of hydrogen-bond donors (Lipinski definition) is 2. The van der Waals surface area contributed by atoms with Crippen LogP contribution in [-0.4, -0.2) is 40.9 Å². The molecule has 19 heavy (non-hydrogen) atoms. The van der Waals surface area contributed by atoms with E-state index in [4.69, 9.17) is 0 Å². The maximum atomic E-state index is 12.4. The van der Waals surface area contributed by atoms with Crippen LogP contribution in [0.1, 0.15) is 19.3 Å². The van der Waals surface area contributed by atoms with Crippen molar-refractivity contribution in [1.29, 1.82) is 0 Å². The van der Waals surface area contributed by atoms with Gasteiger partial charge in [0.1, 0.15) is 0 Å². The molecule has 4 rings (SSSR count). The van der Waals surface area contributed by atoms with Gasteiger partial charge < -0.3 is 0 Å². The molecular weight excluding hydrogens is 307 g/mol. The van der Waals surface area contributed by atoms with E-state index in [1.54, 1.807) is 0 Å². The summed E-state index contributed by atoms with van der Waals surface area (Å²) in [5.41, 5.74) is 2.57. The molecule has 2 aliphatic rings. The molecule has 1 aromatic carbocycles. The van der Waals surface area contributed by atoms with Gasteiger partial charge in [-0.05, 0) is 0 Å². The third-order valence-electron chi connectivity index (χ3n) is 4.18. The van der Waals surface area contributed by atoms with Crippen LogP contribution < -0.4 is 10.6 Å². The van der Waals surface area contributed by atoms with Crippen LogP contribution in [-0.2, 0) is 4.79 Å². The maximum absolute atomic E-state index is 12.4. The third-order valence-corrected chi connectivity index (χ3v) is 5.32. The molecule has 0 saturated carbocycles. The van der Waals surface area contributed by atoms with Crippen LogP contribution in [0, 0.1) is 5.92 Å². The molecule has 2 fully saturated rings. The van der Waals surface area contributed by atoms with Crippen LogP contribution >= 0.6 is 0 Å². The average Bonchev–Trinajstić information content (AvgIpc) is 3.14. The van der Waals surface area contributed by atoms with Crippen molar-refractivity contribution in [2.75, 3.05) is 5.32 Å². The predicted molar refractivity (Wildman–Crippen MR) is 73.2 cm³/mol. The molecule has 98 valence electrons. The molecule has 2 aliphatic heterocycles. The van der Waals surface area contributed by atoms with E-state index in [1.165, 1.54) is 6.42 Å². The van der Waals surface area contributed by atoms with Gasteiger partial charge >= 0.3 is 116 Å². The topological polar surface area (TPSA) is 66.9 Å². The summed E-state index contributed by atoms with van der Waals surface area (Å²) in [6, 6.07) is 6.70. The zero-order chi connectivity index (χ0) is 12.8. The Bertz CT molecular complexity index is 640. The molecule has 5 nitrogen and oxygen atoms in total. The predicted octanol–water partition coefficient (Wildman–Crippen LogP) is 0.766. The number of nitrogens with zero attached hydrogens (tertiary/aromatic N) is 2. The van der Waals surface area contributed by atoms with Crippen LogP contribution in [0.3, 0.4) is 0 Å². The number of aromatic nitrogens is 2. The fourth-order valence-electron chi connectivity index (χ4n) is 3.25. The Balaban J connectivity index is 1.58. The number of fused-ring (bicyclic) bond motifs is 3. The van der Waals surface area contributed by atoms with Gasteiger partial charge in [0, 0.05) is 0 Å². The molecule has 2 aromatic rings. The van der Waals surface area contributed by atoms with Crippen LogP contribution in [0.15, 0.2) is 18.2 Å². The van der Waals surface area contributed by atoms with Crippen molar-refractivity contribution in [3.8, 4) is 0 Å². The first-order valence-electron chi connectivity index (χ1n) is 6.59. The SMILES string of the molecule is O=C(Nc1cccc2n[se]nc12)C1CC2CCC1N2. The minimum atomic E-state index is -0.0584. The number of hydrogen-bond acceptors (Lipinski definition) is 4. The zero-order valence-corrected chi connectivity index (χ0v) is 12.0. The molecule has 6 heteroatoms. The van der Waals surface area contributed by atoms with Crippen molar-refractivity contribution in [3.63, 3.8) is 0 Å². The molecule has 0 spiro atoms. The molecule has 2 saturated heterocycles. The monoisotopic (exact) mass is 322 g/mol. The van der Waals surface area contributed by atoms with Gasteiger partial charge in [-0.3, -0.25) is 0 Å². The molecular formula is C13H14N4OSe. The third kappa shape index (κ3) is 1.91. The van der Waals surface area contributed by atoms with E-state index < -0.39 is 0 Å². The van der Waals surface area contributed by atoms with Crippen LogP contribution in [0.25, 0.3) is 11.0 Å². The minimum absolute atomic E-state index is 0.0584. The van der Waals surface area contributed by atoms with Gasteiger partial charge in [0.25, 0.3) is 0 Å². The molecule has 3 unspecified atom stereocenters. The molecule has 1 aromatic heterocycles. The van der Waals surface area contributed by atoms with E-state index in [2.05, 4.69) is 18.6 Å². The van der Waals surface area contributed by atoms with Gasteiger partial charge in [0.15, 0.2) is 0 Å². The summed E-state index contributed by atoms with van der Waals surface area (Å²) in [7, 11) is 0. The standard InChI is InChI=1S/C13H14N4OSe/c18-13(8-6-7-4-5-9(8)14-7)15-10-2-1-3-11-12(10)17-19-16-11/h1-3,7-9,14H,4-6H2,(H,15,18). The molecule has 3 heterocycles. The van der Waals surface area contributed by atoms with Gasteiger partial charge in [-0.15, -0.1) is 0 Å². The summed E-state index contributed by atoms with van der Waals surface area (Å²) in [6.45, 7) is 0. The summed E-state index contributed by atoms with van der Waals surface area (Å²) >= 11 is -0.0584. The van der Waals surface area contributed by atoms with Gasteiger partial charge in [0.2, 0.25) is 0 Å². The Labute approximate surface area is 117 Å². The van der Waals surface area contributed by atoms with E-state index in [0.29, 0.717) is 12.1 Å². The molecule has 1 amide bonds. The van der Waals surface area contributed by atoms with E-state index in [0.717, 1.165) is 29.6 Å². The van der Waals surface area contributed by atoms with Crippen LogP contribution in [0.5, 0.6) is 0 Å². The van der Waals surface area contributed by atoms with E-state index in [-0.39, 0.29) is 26.8 Å². The van der Waals surface area contributed by atoms with Crippen molar-refractivity contribution >= 4 is 37.6 Å². The summed E-state index contributed by atoms with van der Waals surface area (Å²) in [4.78, 5) is 12.4. The number of nitrogens with one attached hydrogen (secondary N) is 2. The second kappa shape index (κ2) is 4.40. The van der Waals surface area contributed by atoms with Gasteiger partial charge in [-0.1, -0.05) is 0 Å². The number of amides is 1. The molecule has 3 atom stereocenters. The van der Waals surface area contributed by atoms with Crippen molar-refractivity contribution < 1.29 is 4.79 Å². The van der Waals surface area contributed by atoms with Crippen molar-refractivity contribution in [3.05, 3.63) is 18.2 Å². The summed E-state index contributed by atoms with van der Waals surface area (Å²) in [6.07, 6.45) is 3.31. The number of benzene rings is 1. The van der Waals surface area contributed by atoms with Crippen molar-refractivity contribution in [1.82, 2.24) is 13.3 Å². The zero-order valence-electron chi connectivity index (χ0n) is 10.3. The molecule has 0 radical (unpaired) electrons. The van der Waals surface area contributed by atoms with Gasteiger partial charge in [-0.2, -0.15) is 0 Å². The first-order valence-corrected chi connectivity index (χ1v) is 8.13. The van der Waals surface area contributed by atoms with E-state index in [1.807, 2.05) is 18.2 Å². The quantitative estimate of drug-likeness (QED) is 0.802. The van der Waals surface area contributed by atoms with Crippen LogP contribution in [0.4, 0.5) is 5.69 Å². The Hall–Kier alpha value is -1.23. The first-order chi connectivity index (χ1) is 9.31. The molecule has 2 bridgehead atoms. The summed E-state index contributed by atoms with van der Waals surface area (Å²) in [5, 5.41) is 6.54. The number of carbonyl (C=O) groups is 1. The Morgan fingerprint density at radius 1 is 1.37 bits per heavy atom. The number of rotatable bonds is 2. The van der Waals surface area contributed by atoms with E-state index in [9.17, 15) is 4.79 Å². The van der Waals surface area contributed by atoms with Crippen molar-refractivity contribution in [2.45, 2.75) is 31.3 Å². The number of anilines is 1. The second-order valence-electron chi connectivity index (χ2n) is 5.32. The average molecular weight is 321 g/mol. The fourth-order valence-corrected chi connectivity index (χ4v) is 4.40. The normalized spacial score (nSPS) is 28.9. The van der Waals surface area contributed by atoms with Gasteiger partial charge in [-0.25, -0.2) is 0 Å².